The quantitative estimate of drug-likeness (QED) is 0.903. The Bertz CT molecular complexity index is 515. The van der Waals surface area contributed by atoms with Crippen molar-refractivity contribution in [1.29, 1.82) is 0 Å². The van der Waals surface area contributed by atoms with E-state index in [1.807, 2.05) is 26.1 Å². The van der Waals surface area contributed by atoms with Gasteiger partial charge in [-0.2, -0.15) is 5.10 Å². The molecule has 0 aliphatic heterocycles. The molecule has 0 spiro atoms. The summed E-state index contributed by atoms with van der Waals surface area (Å²) in [6.07, 6.45) is 1.85. The summed E-state index contributed by atoms with van der Waals surface area (Å²) in [5.74, 6) is -1.20. The van der Waals surface area contributed by atoms with E-state index >= 15 is 0 Å². The molecule has 1 heterocycles. The number of benzene rings is 1. The Hall–Kier alpha value is -1.91. The molecule has 0 atom stereocenters. The molecule has 0 aliphatic carbocycles. The normalized spacial score (nSPS) is 10.9. The molecule has 0 amide bonds. The lowest BCUT2D eigenvalue weighted by Crippen LogP contribution is -2.06. The van der Waals surface area contributed by atoms with Crippen molar-refractivity contribution in [3.63, 3.8) is 0 Å². The average Bonchev–Trinajstić information content (AvgIpc) is 2.77. The molecule has 0 saturated heterocycles. The first kappa shape index (κ1) is 12.5. The van der Waals surface area contributed by atoms with E-state index in [-0.39, 0.29) is 18.3 Å². The molecule has 0 bridgehead atoms. The van der Waals surface area contributed by atoms with Crippen molar-refractivity contribution >= 4 is 5.69 Å². The highest BCUT2D eigenvalue weighted by Gasteiger charge is 2.08. The third-order valence-corrected chi connectivity index (χ3v) is 2.60. The van der Waals surface area contributed by atoms with Crippen molar-refractivity contribution in [2.45, 2.75) is 26.4 Å². The molecule has 0 saturated carbocycles. The molecule has 1 aromatic heterocycles. The molecular weight excluding hydrogens is 236 g/mol. The zero-order valence-electron chi connectivity index (χ0n) is 10.3. The summed E-state index contributed by atoms with van der Waals surface area (Å²) < 4.78 is 28.5. The van der Waals surface area contributed by atoms with Crippen LogP contribution in [0.1, 0.15) is 25.6 Å². The second-order valence-electron chi connectivity index (χ2n) is 4.33. The third kappa shape index (κ3) is 2.67. The highest BCUT2D eigenvalue weighted by molar-refractivity contribution is 5.46. The Balaban J connectivity index is 2.07. The van der Waals surface area contributed by atoms with Crippen molar-refractivity contribution in [3.8, 4) is 0 Å². The van der Waals surface area contributed by atoms with Crippen LogP contribution < -0.4 is 5.32 Å². The van der Waals surface area contributed by atoms with Gasteiger partial charge in [0.25, 0.3) is 0 Å². The van der Waals surface area contributed by atoms with Crippen LogP contribution >= 0.6 is 0 Å². The van der Waals surface area contributed by atoms with Crippen molar-refractivity contribution in [2.75, 3.05) is 5.32 Å². The number of hydrogen-bond acceptors (Lipinski definition) is 2. The zero-order chi connectivity index (χ0) is 13.1. The summed E-state index contributed by atoms with van der Waals surface area (Å²) in [5, 5.41) is 7.02. The minimum Gasteiger partial charge on any atom is -0.375 e. The minimum absolute atomic E-state index is 0.114. The molecule has 2 aromatic rings. The Morgan fingerprint density at radius 1 is 1.22 bits per heavy atom. The first-order chi connectivity index (χ1) is 8.58. The molecule has 0 aliphatic rings. The van der Waals surface area contributed by atoms with Crippen LogP contribution in [-0.2, 0) is 6.54 Å². The molecule has 1 N–H and O–H groups in total. The molecule has 5 heteroatoms. The van der Waals surface area contributed by atoms with E-state index in [0.29, 0.717) is 0 Å². The number of rotatable bonds is 4. The Morgan fingerprint density at radius 2 is 1.89 bits per heavy atom. The average molecular weight is 251 g/mol. The monoisotopic (exact) mass is 251 g/mol. The van der Waals surface area contributed by atoms with Gasteiger partial charge >= 0.3 is 0 Å². The molecular formula is C13H15F2N3. The molecule has 18 heavy (non-hydrogen) atoms. The maximum absolute atomic E-state index is 13.4. The zero-order valence-corrected chi connectivity index (χ0v) is 10.3. The summed E-state index contributed by atoms with van der Waals surface area (Å²) in [5.41, 5.74) is 0.628. The number of nitrogens with one attached hydrogen (secondary N) is 1. The van der Waals surface area contributed by atoms with E-state index in [1.165, 1.54) is 18.2 Å². The van der Waals surface area contributed by atoms with Gasteiger partial charge in [0.15, 0.2) is 0 Å². The molecule has 3 nitrogen and oxygen atoms in total. The van der Waals surface area contributed by atoms with Gasteiger partial charge in [-0.25, -0.2) is 8.78 Å². The van der Waals surface area contributed by atoms with E-state index in [4.69, 9.17) is 0 Å². The van der Waals surface area contributed by atoms with Crippen LogP contribution in [0.5, 0.6) is 0 Å². The highest BCUT2D eigenvalue weighted by atomic mass is 19.1. The highest BCUT2D eigenvalue weighted by Crippen LogP contribution is 2.18. The van der Waals surface area contributed by atoms with Gasteiger partial charge in [-0.1, -0.05) is 6.07 Å². The van der Waals surface area contributed by atoms with Crippen molar-refractivity contribution < 1.29 is 8.78 Å². The third-order valence-electron chi connectivity index (χ3n) is 2.60. The molecule has 0 fully saturated rings. The van der Waals surface area contributed by atoms with Crippen molar-refractivity contribution in [1.82, 2.24) is 9.78 Å². The molecule has 2 rings (SSSR count). The number of anilines is 1. The van der Waals surface area contributed by atoms with Gasteiger partial charge in [-0.05, 0) is 32.0 Å². The van der Waals surface area contributed by atoms with Crippen LogP contribution in [0.4, 0.5) is 14.5 Å². The first-order valence-electron chi connectivity index (χ1n) is 5.80. The van der Waals surface area contributed by atoms with Gasteiger partial charge in [0.05, 0.1) is 12.2 Å². The van der Waals surface area contributed by atoms with Crippen LogP contribution in [0.25, 0.3) is 0 Å². The largest absolute Gasteiger partial charge is 0.375 e. The van der Waals surface area contributed by atoms with E-state index in [0.717, 1.165) is 5.69 Å². The lowest BCUT2D eigenvalue weighted by atomic mass is 10.3. The predicted octanol–water partition coefficient (Wildman–Crippen LogP) is 3.35. The van der Waals surface area contributed by atoms with Crippen LogP contribution in [0.3, 0.4) is 0 Å². The standard InChI is InChI=1S/C13H15F2N3/c1-9(2)18-7-6-10(17-18)8-16-13-11(14)4-3-5-12(13)15/h3-7,9,16H,8H2,1-2H3. The van der Waals surface area contributed by atoms with Crippen molar-refractivity contribution in [2.24, 2.45) is 0 Å². The van der Waals surface area contributed by atoms with E-state index in [9.17, 15) is 8.78 Å². The van der Waals surface area contributed by atoms with E-state index < -0.39 is 11.6 Å². The van der Waals surface area contributed by atoms with Gasteiger partial charge in [-0.3, -0.25) is 4.68 Å². The number of hydrogen-bond donors (Lipinski definition) is 1. The van der Waals surface area contributed by atoms with E-state index in [2.05, 4.69) is 10.4 Å². The molecule has 0 radical (unpaired) electrons. The smallest absolute Gasteiger partial charge is 0.149 e. The van der Waals surface area contributed by atoms with Gasteiger partial charge in [0.2, 0.25) is 0 Å². The SMILES string of the molecule is CC(C)n1ccc(CNc2c(F)cccc2F)n1. The Kier molecular flexibility index (Phi) is 3.60. The summed E-state index contributed by atoms with van der Waals surface area (Å²) in [4.78, 5) is 0. The number of aromatic nitrogens is 2. The maximum atomic E-state index is 13.4. The van der Waals surface area contributed by atoms with Gasteiger partial charge < -0.3 is 5.32 Å². The number of halogens is 2. The molecule has 1 aromatic carbocycles. The Labute approximate surface area is 104 Å². The summed E-state index contributed by atoms with van der Waals surface area (Å²) >= 11 is 0. The van der Waals surface area contributed by atoms with Crippen LogP contribution in [0, 0.1) is 11.6 Å². The second kappa shape index (κ2) is 5.16. The van der Waals surface area contributed by atoms with Gasteiger partial charge in [0.1, 0.15) is 17.3 Å². The molecule has 96 valence electrons. The molecule has 0 unspecified atom stereocenters. The summed E-state index contributed by atoms with van der Waals surface area (Å²) in [6.45, 7) is 4.32. The minimum atomic E-state index is -0.599. The van der Waals surface area contributed by atoms with Crippen LogP contribution in [-0.4, -0.2) is 9.78 Å². The first-order valence-corrected chi connectivity index (χ1v) is 5.80. The summed E-state index contributed by atoms with van der Waals surface area (Å²) in [6, 6.07) is 5.87. The fourth-order valence-corrected chi connectivity index (χ4v) is 1.60. The number of nitrogens with zero attached hydrogens (tertiary/aromatic N) is 2. The lowest BCUT2D eigenvalue weighted by molar-refractivity contribution is 0.527. The summed E-state index contributed by atoms with van der Waals surface area (Å²) in [7, 11) is 0. The second-order valence-corrected chi connectivity index (χ2v) is 4.33. The fourth-order valence-electron chi connectivity index (χ4n) is 1.60. The predicted molar refractivity (Wildman–Crippen MR) is 66.3 cm³/mol. The maximum Gasteiger partial charge on any atom is 0.149 e. The number of para-hydroxylation sites is 1. The fraction of sp³-hybridized carbons (Fsp3) is 0.308. The van der Waals surface area contributed by atoms with Gasteiger partial charge in [0, 0.05) is 12.2 Å². The lowest BCUT2D eigenvalue weighted by Gasteiger charge is -2.07. The van der Waals surface area contributed by atoms with Crippen LogP contribution in [0.15, 0.2) is 30.5 Å². The van der Waals surface area contributed by atoms with Gasteiger partial charge in [-0.15, -0.1) is 0 Å². The van der Waals surface area contributed by atoms with E-state index in [1.54, 1.807) is 4.68 Å². The van der Waals surface area contributed by atoms with Crippen LogP contribution in [0.2, 0.25) is 0 Å². The Morgan fingerprint density at radius 3 is 2.44 bits per heavy atom. The topological polar surface area (TPSA) is 29.9 Å². The van der Waals surface area contributed by atoms with Crippen molar-refractivity contribution in [3.05, 3.63) is 47.8 Å².